The Labute approximate surface area is 136 Å². The zero-order valence-corrected chi connectivity index (χ0v) is 13.7. The summed E-state index contributed by atoms with van der Waals surface area (Å²) < 4.78 is 26.6. The van der Waals surface area contributed by atoms with Crippen LogP contribution in [-0.4, -0.2) is 60.3 Å². The quantitative estimate of drug-likeness (QED) is 0.818. The van der Waals surface area contributed by atoms with Crippen molar-refractivity contribution in [3.63, 3.8) is 0 Å². The van der Waals surface area contributed by atoms with Gasteiger partial charge >= 0.3 is 0 Å². The van der Waals surface area contributed by atoms with Crippen LogP contribution < -0.4 is 0 Å². The summed E-state index contributed by atoms with van der Waals surface area (Å²) in [6, 6.07) is 7.28. The summed E-state index contributed by atoms with van der Waals surface area (Å²) in [5.41, 5.74) is 1.26. The molecule has 2 aromatic rings. The van der Waals surface area contributed by atoms with Crippen molar-refractivity contribution in [2.45, 2.75) is 11.3 Å². The number of hydrogen-bond acceptors (Lipinski definition) is 5. The van der Waals surface area contributed by atoms with Crippen molar-refractivity contribution in [2.75, 3.05) is 32.7 Å². The van der Waals surface area contributed by atoms with E-state index in [9.17, 15) is 8.42 Å². The van der Waals surface area contributed by atoms with Crippen molar-refractivity contribution in [1.82, 2.24) is 19.2 Å². The van der Waals surface area contributed by atoms with Gasteiger partial charge in [0.2, 0.25) is 10.0 Å². The minimum absolute atomic E-state index is 0.269. The van der Waals surface area contributed by atoms with Crippen molar-refractivity contribution >= 4 is 10.0 Å². The molecule has 1 aliphatic rings. The Bertz CT molecular complexity index is 714. The second-order valence-corrected chi connectivity index (χ2v) is 7.48. The molecule has 2 aromatic heterocycles. The fourth-order valence-electron chi connectivity index (χ4n) is 2.68. The van der Waals surface area contributed by atoms with E-state index in [1.54, 1.807) is 35.0 Å². The van der Waals surface area contributed by atoms with Crippen molar-refractivity contribution in [2.24, 2.45) is 0 Å². The maximum Gasteiger partial charge on any atom is 0.244 e. The lowest BCUT2D eigenvalue weighted by molar-refractivity contribution is 0.190. The monoisotopic (exact) mass is 332 g/mol. The summed E-state index contributed by atoms with van der Waals surface area (Å²) >= 11 is 0. The lowest BCUT2D eigenvalue weighted by Gasteiger charge is -2.33. The van der Waals surface area contributed by atoms with Gasteiger partial charge in [0, 0.05) is 57.5 Å². The van der Waals surface area contributed by atoms with Gasteiger partial charge in [0.1, 0.15) is 4.90 Å². The molecule has 0 saturated carbocycles. The third-order valence-corrected chi connectivity index (χ3v) is 5.95. The molecule has 0 amide bonds. The van der Waals surface area contributed by atoms with Crippen molar-refractivity contribution < 1.29 is 8.42 Å². The molecule has 23 heavy (non-hydrogen) atoms. The van der Waals surface area contributed by atoms with Gasteiger partial charge in [-0.05, 0) is 36.2 Å². The van der Waals surface area contributed by atoms with E-state index in [-0.39, 0.29) is 4.90 Å². The van der Waals surface area contributed by atoms with Crippen LogP contribution in [0.15, 0.2) is 53.9 Å². The highest BCUT2D eigenvalue weighted by Crippen LogP contribution is 2.16. The highest BCUT2D eigenvalue weighted by molar-refractivity contribution is 7.89. The SMILES string of the molecule is O=S(=O)(c1cccnc1)N1CCN(CCc2ccncc2)CC1. The summed E-state index contributed by atoms with van der Waals surface area (Å²) in [4.78, 5) is 10.5. The van der Waals surface area contributed by atoms with Crippen molar-refractivity contribution in [3.8, 4) is 0 Å². The molecule has 0 unspecified atom stereocenters. The van der Waals surface area contributed by atoms with Crippen molar-refractivity contribution in [3.05, 3.63) is 54.6 Å². The molecular weight excluding hydrogens is 312 g/mol. The third-order valence-electron chi connectivity index (χ3n) is 4.07. The smallest absolute Gasteiger partial charge is 0.244 e. The average molecular weight is 332 g/mol. The summed E-state index contributed by atoms with van der Waals surface area (Å²) in [7, 11) is -3.42. The van der Waals surface area contributed by atoms with E-state index in [1.165, 1.54) is 11.8 Å². The van der Waals surface area contributed by atoms with Crippen LogP contribution in [0.25, 0.3) is 0 Å². The molecule has 3 heterocycles. The Morgan fingerprint density at radius 3 is 2.35 bits per heavy atom. The Morgan fingerprint density at radius 1 is 0.957 bits per heavy atom. The first-order valence-electron chi connectivity index (χ1n) is 7.68. The number of nitrogens with zero attached hydrogens (tertiary/aromatic N) is 4. The molecule has 1 fully saturated rings. The molecule has 122 valence electrons. The molecule has 0 spiro atoms. The number of sulfonamides is 1. The van der Waals surface area contributed by atoms with Gasteiger partial charge < -0.3 is 4.90 Å². The van der Waals surface area contributed by atoms with E-state index in [1.807, 2.05) is 12.1 Å². The Hall–Kier alpha value is -1.83. The van der Waals surface area contributed by atoms with Gasteiger partial charge in [-0.2, -0.15) is 4.31 Å². The van der Waals surface area contributed by atoms with E-state index in [4.69, 9.17) is 0 Å². The molecule has 3 rings (SSSR count). The molecule has 1 saturated heterocycles. The number of aromatic nitrogens is 2. The van der Waals surface area contributed by atoms with Crippen LogP contribution in [0.3, 0.4) is 0 Å². The molecule has 0 radical (unpaired) electrons. The van der Waals surface area contributed by atoms with Gasteiger partial charge in [0.15, 0.2) is 0 Å². The predicted molar refractivity (Wildman–Crippen MR) is 87.4 cm³/mol. The standard InChI is InChI=1S/C16H20N4O2S/c21-23(22,16-2-1-6-18-14-16)20-12-10-19(11-13-20)9-5-15-3-7-17-8-4-15/h1-4,6-8,14H,5,9-13H2. The van der Waals surface area contributed by atoms with E-state index in [0.717, 1.165) is 26.1 Å². The van der Waals surface area contributed by atoms with Crippen LogP contribution in [0.5, 0.6) is 0 Å². The minimum Gasteiger partial charge on any atom is -0.300 e. The molecule has 0 N–H and O–H groups in total. The molecule has 0 bridgehead atoms. The topological polar surface area (TPSA) is 66.4 Å². The summed E-state index contributed by atoms with van der Waals surface area (Å²) in [5.74, 6) is 0. The maximum absolute atomic E-state index is 12.5. The second kappa shape index (κ2) is 7.16. The third kappa shape index (κ3) is 3.93. The first-order valence-corrected chi connectivity index (χ1v) is 9.12. The Morgan fingerprint density at radius 2 is 1.70 bits per heavy atom. The Kier molecular flexibility index (Phi) is 5.00. The van der Waals surface area contributed by atoms with Gasteiger partial charge in [-0.15, -0.1) is 0 Å². The Balaban J connectivity index is 1.54. The zero-order valence-electron chi connectivity index (χ0n) is 12.9. The highest BCUT2D eigenvalue weighted by Gasteiger charge is 2.28. The molecule has 0 aromatic carbocycles. The molecule has 0 aliphatic carbocycles. The second-order valence-electron chi connectivity index (χ2n) is 5.54. The number of piperazine rings is 1. The maximum atomic E-state index is 12.5. The fraction of sp³-hybridized carbons (Fsp3) is 0.375. The van der Waals surface area contributed by atoms with Crippen LogP contribution in [0, 0.1) is 0 Å². The number of rotatable bonds is 5. The van der Waals surface area contributed by atoms with Crippen molar-refractivity contribution in [1.29, 1.82) is 0 Å². The van der Waals surface area contributed by atoms with Crippen LogP contribution >= 0.6 is 0 Å². The van der Waals surface area contributed by atoms with E-state index < -0.39 is 10.0 Å². The average Bonchev–Trinajstić information content (AvgIpc) is 2.62. The largest absolute Gasteiger partial charge is 0.300 e. The molecule has 1 aliphatic heterocycles. The van der Waals surface area contributed by atoms with Gasteiger partial charge in [-0.3, -0.25) is 9.97 Å². The number of hydrogen-bond donors (Lipinski definition) is 0. The van der Waals surface area contributed by atoms with Gasteiger partial charge in [0.25, 0.3) is 0 Å². The van der Waals surface area contributed by atoms with Gasteiger partial charge in [0.05, 0.1) is 0 Å². The first-order chi connectivity index (χ1) is 11.2. The fourth-order valence-corrected chi connectivity index (χ4v) is 4.07. The minimum atomic E-state index is -3.42. The molecule has 7 heteroatoms. The molecule has 0 atom stereocenters. The van der Waals surface area contributed by atoms with Crippen LogP contribution in [-0.2, 0) is 16.4 Å². The lowest BCUT2D eigenvalue weighted by atomic mass is 10.2. The van der Waals surface area contributed by atoms with Crippen LogP contribution in [0.1, 0.15) is 5.56 Å². The van der Waals surface area contributed by atoms with E-state index in [0.29, 0.717) is 13.1 Å². The lowest BCUT2D eigenvalue weighted by Crippen LogP contribution is -2.49. The predicted octanol–water partition coefficient (Wildman–Crippen LogP) is 1.03. The van der Waals surface area contributed by atoms with Crippen LogP contribution in [0.4, 0.5) is 0 Å². The summed E-state index contributed by atoms with van der Waals surface area (Å²) in [5, 5.41) is 0. The molecule has 6 nitrogen and oxygen atoms in total. The van der Waals surface area contributed by atoms with Gasteiger partial charge in [-0.1, -0.05) is 0 Å². The number of pyridine rings is 2. The zero-order chi connectivity index (χ0) is 16.1. The normalized spacial score (nSPS) is 17.2. The van der Waals surface area contributed by atoms with Gasteiger partial charge in [-0.25, -0.2) is 8.42 Å². The summed E-state index contributed by atoms with van der Waals surface area (Å²) in [6.45, 7) is 3.49. The van der Waals surface area contributed by atoms with Crippen LogP contribution in [0.2, 0.25) is 0 Å². The highest BCUT2D eigenvalue weighted by atomic mass is 32.2. The van der Waals surface area contributed by atoms with E-state index >= 15 is 0 Å². The first kappa shape index (κ1) is 16.0. The summed E-state index contributed by atoms with van der Waals surface area (Å²) in [6.07, 6.45) is 7.54. The van der Waals surface area contributed by atoms with E-state index in [2.05, 4.69) is 14.9 Å². The molecular formula is C16H20N4O2S.